The molecule has 1 aromatic carbocycles. The highest BCUT2D eigenvalue weighted by Crippen LogP contribution is 2.28. The van der Waals surface area contributed by atoms with Crippen LogP contribution in [0, 0.1) is 0 Å². The molecule has 0 fully saturated rings. The number of aromatic amines is 1. The maximum absolute atomic E-state index is 12.0. The van der Waals surface area contributed by atoms with Crippen LogP contribution in [0.3, 0.4) is 0 Å². The van der Waals surface area contributed by atoms with Gasteiger partial charge in [0.1, 0.15) is 5.69 Å². The Kier molecular flexibility index (Phi) is 6.43. The van der Waals surface area contributed by atoms with Crippen molar-refractivity contribution in [2.75, 3.05) is 13.2 Å². The number of rotatable bonds is 7. The van der Waals surface area contributed by atoms with Gasteiger partial charge >= 0.3 is 0 Å². The van der Waals surface area contributed by atoms with Crippen LogP contribution in [0.15, 0.2) is 40.0 Å². The topological polar surface area (TPSA) is 75.7 Å². The van der Waals surface area contributed by atoms with E-state index in [1.807, 2.05) is 39.0 Å². The number of benzene rings is 1. The normalized spacial score (nSPS) is 11.2. The third kappa shape index (κ3) is 4.61. The minimum Gasteiger partial charge on any atom is -0.490 e. The lowest BCUT2D eigenvalue weighted by atomic mass is 10.1. The zero-order chi connectivity index (χ0) is 17.5. The summed E-state index contributed by atoms with van der Waals surface area (Å²) in [6.07, 6.45) is 1.69. The number of nitrogens with one attached hydrogen (secondary N) is 2. The van der Waals surface area contributed by atoms with Crippen LogP contribution < -0.4 is 14.9 Å². The number of carbonyl (C=O) groups is 1. The number of aromatic nitrogens is 1. The van der Waals surface area contributed by atoms with E-state index in [0.717, 1.165) is 10.0 Å². The predicted molar refractivity (Wildman–Crippen MR) is 96.9 cm³/mol. The van der Waals surface area contributed by atoms with Crippen molar-refractivity contribution in [2.24, 2.45) is 5.10 Å². The molecule has 2 rings (SSSR count). The van der Waals surface area contributed by atoms with Gasteiger partial charge in [-0.2, -0.15) is 5.10 Å². The fraction of sp³-hybridized carbons (Fsp3) is 0.294. The molecule has 0 spiro atoms. The molecule has 0 saturated heterocycles. The third-order valence-electron chi connectivity index (χ3n) is 3.18. The number of H-pyrrole nitrogens is 1. The van der Waals surface area contributed by atoms with Gasteiger partial charge in [0, 0.05) is 16.2 Å². The van der Waals surface area contributed by atoms with Crippen LogP contribution in [0.5, 0.6) is 11.5 Å². The van der Waals surface area contributed by atoms with E-state index >= 15 is 0 Å². The summed E-state index contributed by atoms with van der Waals surface area (Å²) in [5.74, 6) is 1.04. The second kappa shape index (κ2) is 8.54. The Morgan fingerprint density at radius 3 is 2.54 bits per heavy atom. The number of hydrogen-bond acceptors (Lipinski definition) is 4. The van der Waals surface area contributed by atoms with E-state index in [1.54, 1.807) is 12.3 Å². The fourth-order valence-electron chi connectivity index (χ4n) is 2.03. The molecule has 1 heterocycles. The SMILES string of the molecule is CCOc1ccc(/C(C)=N\NC(=O)c2cc(Br)c[nH]2)cc1OCC. The van der Waals surface area contributed by atoms with Crippen LogP contribution in [0.2, 0.25) is 0 Å². The average Bonchev–Trinajstić information content (AvgIpc) is 3.01. The lowest BCUT2D eigenvalue weighted by Gasteiger charge is -2.12. The van der Waals surface area contributed by atoms with Gasteiger partial charge in [0.25, 0.3) is 5.91 Å². The molecule has 128 valence electrons. The fourth-order valence-corrected chi connectivity index (χ4v) is 2.38. The first-order valence-corrected chi connectivity index (χ1v) is 8.43. The van der Waals surface area contributed by atoms with Crippen LogP contribution in [0.1, 0.15) is 36.8 Å². The first-order chi connectivity index (χ1) is 11.5. The number of ether oxygens (including phenoxy) is 2. The average molecular weight is 394 g/mol. The zero-order valence-electron chi connectivity index (χ0n) is 13.9. The lowest BCUT2D eigenvalue weighted by molar-refractivity contribution is 0.0950. The quantitative estimate of drug-likeness (QED) is 0.555. The minimum atomic E-state index is -0.309. The van der Waals surface area contributed by atoms with Crippen molar-refractivity contribution < 1.29 is 14.3 Å². The molecule has 1 amide bonds. The molecule has 7 heteroatoms. The number of hydrazone groups is 1. The summed E-state index contributed by atoms with van der Waals surface area (Å²) in [7, 11) is 0. The Labute approximate surface area is 149 Å². The van der Waals surface area contributed by atoms with Gasteiger partial charge in [0.05, 0.1) is 18.9 Å². The summed E-state index contributed by atoms with van der Waals surface area (Å²) >= 11 is 3.29. The van der Waals surface area contributed by atoms with E-state index in [1.165, 1.54) is 0 Å². The number of carbonyl (C=O) groups excluding carboxylic acids is 1. The molecule has 0 unspecified atom stereocenters. The van der Waals surface area contributed by atoms with E-state index < -0.39 is 0 Å². The highest BCUT2D eigenvalue weighted by Gasteiger charge is 2.10. The summed E-state index contributed by atoms with van der Waals surface area (Å²) in [6.45, 7) is 6.76. The molecule has 1 aromatic heterocycles. The van der Waals surface area contributed by atoms with Crippen molar-refractivity contribution >= 4 is 27.5 Å². The Morgan fingerprint density at radius 2 is 1.92 bits per heavy atom. The second-order valence-electron chi connectivity index (χ2n) is 4.90. The highest BCUT2D eigenvalue weighted by molar-refractivity contribution is 9.10. The zero-order valence-corrected chi connectivity index (χ0v) is 15.4. The van der Waals surface area contributed by atoms with Gasteiger partial charge in [-0.1, -0.05) is 0 Å². The van der Waals surface area contributed by atoms with Gasteiger partial charge in [-0.25, -0.2) is 5.43 Å². The van der Waals surface area contributed by atoms with Gasteiger partial charge in [0.2, 0.25) is 0 Å². The molecule has 2 aromatic rings. The van der Waals surface area contributed by atoms with E-state index in [0.29, 0.717) is 36.1 Å². The van der Waals surface area contributed by atoms with Crippen molar-refractivity contribution in [1.82, 2.24) is 10.4 Å². The van der Waals surface area contributed by atoms with Crippen LogP contribution in [0.4, 0.5) is 0 Å². The van der Waals surface area contributed by atoms with Crippen molar-refractivity contribution in [3.63, 3.8) is 0 Å². The number of halogens is 1. The summed E-state index contributed by atoms with van der Waals surface area (Å²) in [5.41, 5.74) is 4.46. The van der Waals surface area contributed by atoms with Crippen molar-refractivity contribution in [3.8, 4) is 11.5 Å². The standard InChI is InChI=1S/C17H20BrN3O3/c1-4-23-15-7-6-12(8-16(15)24-5-2)11(3)20-21-17(22)14-9-13(18)10-19-14/h6-10,19H,4-5H2,1-3H3,(H,21,22)/b20-11-. The highest BCUT2D eigenvalue weighted by atomic mass is 79.9. The molecular formula is C17H20BrN3O3. The molecule has 0 saturated carbocycles. The Hall–Kier alpha value is -2.28. The van der Waals surface area contributed by atoms with Gasteiger partial charge in [-0.15, -0.1) is 0 Å². The number of nitrogens with zero attached hydrogens (tertiary/aromatic N) is 1. The van der Waals surface area contributed by atoms with E-state index in [9.17, 15) is 4.79 Å². The molecule has 6 nitrogen and oxygen atoms in total. The van der Waals surface area contributed by atoms with Gasteiger partial charge in [-0.05, 0) is 61.0 Å². The van der Waals surface area contributed by atoms with Crippen molar-refractivity contribution in [1.29, 1.82) is 0 Å². The second-order valence-corrected chi connectivity index (χ2v) is 5.81. The number of hydrogen-bond donors (Lipinski definition) is 2. The van der Waals surface area contributed by atoms with Crippen molar-refractivity contribution in [2.45, 2.75) is 20.8 Å². The summed E-state index contributed by atoms with van der Waals surface area (Å²) < 4.78 is 11.9. The monoisotopic (exact) mass is 393 g/mol. The first-order valence-electron chi connectivity index (χ1n) is 7.63. The maximum atomic E-state index is 12.0. The third-order valence-corrected chi connectivity index (χ3v) is 3.64. The molecule has 0 radical (unpaired) electrons. The van der Waals surface area contributed by atoms with Gasteiger partial charge < -0.3 is 14.5 Å². The molecule has 0 aliphatic heterocycles. The minimum absolute atomic E-state index is 0.309. The molecule has 0 atom stereocenters. The van der Waals surface area contributed by atoms with Gasteiger partial charge in [0.15, 0.2) is 11.5 Å². The first kappa shape index (κ1) is 18.1. The summed E-state index contributed by atoms with van der Waals surface area (Å²) in [5, 5.41) is 4.14. The van der Waals surface area contributed by atoms with Crippen molar-refractivity contribution in [3.05, 3.63) is 46.2 Å². The van der Waals surface area contributed by atoms with Crippen LogP contribution in [0.25, 0.3) is 0 Å². The van der Waals surface area contributed by atoms with Gasteiger partial charge in [-0.3, -0.25) is 4.79 Å². The van der Waals surface area contributed by atoms with Crippen LogP contribution in [-0.4, -0.2) is 29.8 Å². The number of amides is 1. The smallest absolute Gasteiger partial charge is 0.287 e. The molecule has 0 bridgehead atoms. The molecular weight excluding hydrogens is 374 g/mol. The molecule has 0 aliphatic carbocycles. The maximum Gasteiger partial charge on any atom is 0.287 e. The van der Waals surface area contributed by atoms with Crippen LogP contribution in [-0.2, 0) is 0 Å². The molecule has 0 aliphatic rings. The largest absolute Gasteiger partial charge is 0.490 e. The Bertz CT molecular complexity index is 740. The molecule has 24 heavy (non-hydrogen) atoms. The Balaban J connectivity index is 2.14. The Morgan fingerprint density at radius 1 is 1.21 bits per heavy atom. The van der Waals surface area contributed by atoms with E-state index in [4.69, 9.17) is 9.47 Å². The van der Waals surface area contributed by atoms with E-state index in [2.05, 4.69) is 31.4 Å². The van der Waals surface area contributed by atoms with Crippen LogP contribution >= 0.6 is 15.9 Å². The summed E-state index contributed by atoms with van der Waals surface area (Å²) in [6, 6.07) is 7.26. The lowest BCUT2D eigenvalue weighted by Crippen LogP contribution is -2.19. The predicted octanol–water partition coefficient (Wildman–Crippen LogP) is 3.73. The summed E-state index contributed by atoms with van der Waals surface area (Å²) in [4.78, 5) is 14.8. The molecule has 2 N–H and O–H groups in total. The van der Waals surface area contributed by atoms with E-state index in [-0.39, 0.29) is 5.91 Å².